The van der Waals surface area contributed by atoms with E-state index in [9.17, 15) is 9.18 Å². The molecule has 1 saturated heterocycles. The van der Waals surface area contributed by atoms with Crippen LogP contribution in [0.15, 0.2) is 67.0 Å². The number of pyridine rings is 1. The molecule has 1 aromatic carbocycles. The zero-order valence-electron chi connectivity index (χ0n) is 18.0. The molecule has 0 saturated carbocycles. The molecular weight excluding hydrogens is 425 g/mol. The number of nitrogens with zero attached hydrogens (tertiary/aromatic N) is 3. The fraction of sp³-hybridized carbons (Fsp3) is 0.292. The zero-order valence-corrected chi connectivity index (χ0v) is 18.8. The summed E-state index contributed by atoms with van der Waals surface area (Å²) in [6.07, 6.45) is 4.08. The van der Waals surface area contributed by atoms with Crippen molar-refractivity contribution >= 4 is 28.9 Å². The van der Waals surface area contributed by atoms with E-state index in [0.29, 0.717) is 17.3 Å². The number of rotatable bonds is 7. The van der Waals surface area contributed by atoms with Crippen molar-refractivity contribution in [1.29, 1.82) is 0 Å². The molecule has 0 spiro atoms. The van der Waals surface area contributed by atoms with E-state index in [1.54, 1.807) is 18.3 Å². The van der Waals surface area contributed by atoms with Crippen LogP contribution in [0.4, 0.5) is 10.1 Å². The molecule has 166 valence electrons. The van der Waals surface area contributed by atoms with Gasteiger partial charge < -0.3 is 20.1 Å². The predicted molar refractivity (Wildman–Crippen MR) is 127 cm³/mol. The molecule has 8 heteroatoms. The molecule has 1 fully saturated rings. The lowest BCUT2D eigenvalue weighted by Gasteiger charge is -2.29. The number of carbonyl (C=O) groups is 1. The van der Waals surface area contributed by atoms with Crippen molar-refractivity contribution in [3.05, 3.63) is 84.2 Å². The molecule has 1 aliphatic rings. The largest absolute Gasteiger partial charge is 0.352 e. The maximum atomic E-state index is 13.1. The van der Waals surface area contributed by atoms with Crippen molar-refractivity contribution < 1.29 is 9.18 Å². The Morgan fingerprint density at radius 1 is 1.19 bits per heavy atom. The Bertz CT molecular complexity index is 1080. The monoisotopic (exact) mass is 451 g/mol. The van der Waals surface area contributed by atoms with Gasteiger partial charge in [0, 0.05) is 42.8 Å². The van der Waals surface area contributed by atoms with Gasteiger partial charge in [0.2, 0.25) is 5.91 Å². The summed E-state index contributed by atoms with van der Waals surface area (Å²) in [6, 6.07) is 15.8. The van der Waals surface area contributed by atoms with Crippen LogP contribution in [0.2, 0.25) is 0 Å². The normalized spacial score (nSPS) is 18.1. The van der Waals surface area contributed by atoms with Gasteiger partial charge in [-0.05, 0) is 74.6 Å². The summed E-state index contributed by atoms with van der Waals surface area (Å²) >= 11 is 5.68. The van der Waals surface area contributed by atoms with Crippen molar-refractivity contribution in [3.8, 4) is 0 Å². The molecule has 3 heterocycles. The Labute approximate surface area is 192 Å². The van der Waals surface area contributed by atoms with Gasteiger partial charge in [-0.25, -0.2) is 4.39 Å². The Balaban J connectivity index is 1.56. The third-order valence-electron chi connectivity index (χ3n) is 5.58. The fourth-order valence-electron chi connectivity index (χ4n) is 4.07. The lowest BCUT2D eigenvalue weighted by molar-refractivity contribution is -0.116. The Morgan fingerprint density at radius 2 is 1.97 bits per heavy atom. The molecular formula is C24H26FN5OS. The van der Waals surface area contributed by atoms with E-state index >= 15 is 0 Å². The smallest absolute Gasteiger partial charge is 0.226 e. The number of anilines is 1. The van der Waals surface area contributed by atoms with Crippen molar-refractivity contribution in [3.63, 3.8) is 0 Å². The number of nitrogens with one attached hydrogen (secondary N) is 2. The Morgan fingerprint density at radius 3 is 2.66 bits per heavy atom. The number of hydrogen-bond donors (Lipinski definition) is 2. The zero-order chi connectivity index (χ0) is 22.7. The number of carbonyl (C=O) groups excluding carboxylic acids is 1. The first-order chi connectivity index (χ1) is 15.4. The van der Waals surface area contributed by atoms with Crippen LogP contribution in [0.25, 0.3) is 0 Å². The number of benzene rings is 1. The third-order valence-corrected chi connectivity index (χ3v) is 5.93. The molecule has 0 bridgehead atoms. The van der Waals surface area contributed by atoms with Crippen LogP contribution in [0.5, 0.6) is 0 Å². The van der Waals surface area contributed by atoms with E-state index < -0.39 is 0 Å². The molecule has 1 amide bonds. The molecule has 0 radical (unpaired) electrons. The highest BCUT2D eigenvalue weighted by Gasteiger charge is 2.41. The highest BCUT2D eigenvalue weighted by Crippen LogP contribution is 2.39. The highest BCUT2D eigenvalue weighted by atomic mass is 32.1. The van der Waals surface area contributed by atoms with Gasteiger partial charge in [0.15, 0.2) is 5.11 Å². The summed E-state index contributed by atoms with van der Waals surface area (Å²) in [5.41, 5.74) is 2.58. The predicted octanol–water partition coefficient (Wildman–Crippen LogP) is 4.60. The maximum Gasteiger partial charge on any atom is 0.226 e. The second kappa shape index (κ2) is 9.48. The van der Waals surface area contributed by atoms with Crippen molar-refractivity contribution in [2.24, 2.45) is 0 Å². The van der Waals surface area contributed by atoms with Crippen LogP contribution >= 0.6 is 12.2 Å². The molecule has 2 atom stereocenters. The average Bonchev–Trinajstić information content (AvgIpc) is 3.39. The van der Waals surface area contributed by atoms with Crippen LogP contribution < -0.4 is 10.6 Å². The summed E-state index contributed by atoms with van der Waals surface area (Å²) in [6.45, 7) is 4.72. The van der Waals surface area contributed by atoms with Crippen LogP contribution in [-0.2, 0) is 4.79 Å². The van der Waals surface area contributed by atoms with Gasteiger partial charge >= 0.3 is 0 Å². The number of hydrogen-bond acceptors (Lipinski definition) is 3. The molecule has 3 aromatic rings. The number of halogens is 1. The number of thiocarbonyl (C=S) groups is 1. The van der Waals surface area contributed by atoms with E-state index in [4.69, 9.17) is 12.2 Å². The van der Waals surface area contributed by atoms with E-state index in [1.165, 1.54) is 12.1 Å². The summed E-state index contributed by atoms with van der Waals surface area (Å²) < 4.78 is 15.3. The number of amides is 1. The van der Waals surface area contributed by atoms with E-state index in [2.05, 4.69) is 51.2 Å². The van der Waals surface area contributed by atoms with Gasteiger partial charge in [0.05, 0.1) is 17.8 Å². The molecule has 2 aromatic heterocycles. The molecule has 32 heavy (non-hydrogen) atoms. The van der Waals surface area contributed by atoms with Crippen LogP contribution in [0.3, 0.4) is 0 Å². The Kier molecular flexibility index (Phi) is 6.50. The molecule has 6 nitrogen and oxygen atoms in total. The second-order valence-corrected chi connectivity index (χ2v) is 8.45. The van der Waals surface area contributed by atoms with Crippen LogP contribution in [0, 0.1) is 5.82 Å². The molecule has 0 aliphatic carbocycles. The molecule has 0 unspecified atom stereocenters. The summed E-state index contributed by atoms with van der Waals surface area (Å²) in [4.78, 5) is 19.2. The molecule has 1 aliphatic heterocycles. The first kappa shape index (κ1) is 22.0. The third kappa shape index (κ3) is 4.65. The minimum Gasteiger partial charge on any atom is -0.352 e. The van der Waals surface area contributed by atoms with Crippen molar-refractivity contribution in [2.45, 2.75) is 38.4 Å². The van der Waals surface area contributed by atoms with E-state index in [0.717, 1.165) is 11.4 Å². The topological polar surface area (TPSA) is 62.2 Å². The lowest BCUT2D eigenvalue weighted by atomic mass is 10.0. The van der Waals surface area contributed by atoms with Gasteiger partial charge in [-0.3, -0.25) is 9.78 Å². The van der Waals surface area contributed by atoms with Gasteiger partial charge in [-0.1, -0.05) is 6.07 Å². The van der Waals surface area contributed by atoms with Gasteiger partial charge in [-0.2, -0.15) is 0 Å². The molecule has 2 N–H and O–H groups in total. The lowest BCUT2D eigenvalue weighted by Crippen LogP contribution is -2.33. The van der Waals surface area contributed by atoms with Crippen LogP contribution in [0.1, 0.15) is 49.8 Å². The minimum atomic E-state index is -0.340. The first-order valence-corrected chi connectivity index (χ1v) is 11.0. The molecule has 4 rings (SSSR count). The first-order valence-electron chi connectivity index (χ1n) is 10.6. The average molecular weight is 452 g/mol. The quantitative estimate of drug-likeness (QED) is 0.514. The second-order valence-electron chi connectivity index (χ2n) is 8.06. The van der Waals surface area contributed by atoms with Crippen molar-refractivity contribution in [1.82, 2.24) is 19.8 Å². The number of aromatic nitrogens is 2. The summed E-state index contributed by atoms with van der Waals surface area (Å²) in [5.74, 6) is -0.494. The van der Waals surface area contributed by atoms with Crippen LogP contribution in [-0.4, -0.2) is 32.0 Å². The van der Waals surface area contributed by atoms with E-state index in [1.807, 2.05) is 24.3 Å². The Hall–Kier alpha value is -3.26. The van der Waals surface area contributed by atoms with Gasteiger partial charge in [0.1, 0.15) is 5.82 Å². The minimum absolute atomic E-state index is 0.103. The highest BCUT2D eigenvalue weighted by molar-refractivity contribution is 7.80. The van der Waals surface area contributed by atoms with Crippen molar-refractivity contribution in [2.75, 3.05) is 11.9 Å². The maximum absolute atomic E-state index is 13.1. The standard InChI is InChI=1S/C24H26FN5OS/c1-16(2)29-14-5-7-20(29)23-22(19-6-3-4-13-26-19)28-24(32)30(23)15-12-21(31)27-18-10-8-17(25)9-11-18/h3-11,13-14,16,22-23H,12,15H2,1-2H3,(H,27,31)(H,28,32)/t22-,23+/m0/s1. The van der Waals surface area contributed by atoms with Gasteiger partial charge in [0.25, 0.3) is 0 Å². The summed E-state index contributed by atoms with van der Waals surface area (Å²) in [5, 5.41) is 6.82. The summed E-state index contributed by atoms with van der Waals surface area (Å²) in [7, 11) is 0. The SMILES string of the molecule is CC(C)n1cccc1[C@@H]1[C@H](c2ccccn2)NC(=S)N1CCC(=O)Nc1ccc(F)cc1. The van der Waals surface area contributed by atoms with Gasteiger partial charge in [-0.15, -0.1) is 0 Å². The van der Waals surface area contributed by atoms with E-state index in [-0.39, 0.29) is 36.3 Å². The fourth-order valence-corrected chi connectivity index (χ4v) is 4.41.